The lowest BCUT2D eigenvalue weighted by Crippen LogP contribution is -2.53. The maximum atomic E-state index is 14.2. The first-order valence-electron chi connectivity index (χ1n) is 14.9. The van der Waals surface area contributed by atoms with E-state index in [2.05, 4.69) is 23.5 Å². The third-order valence-electron chi connectivity index (χ3n) is 6.34. The lowest BCUT2D eigenvalue weighted by molar-refractivity contribution is -0.144. The number of terminal acetylenes is 1. The molecule has 2 atom stereocenters. The molecule has 11 heteroatoms. The van der Waals surface area contributed by atoms with Crippen molar-refractivity contribution in [3.8, 4) is 12.3 Å². The number of nitrogens with two attached hydrogens (primary N) is 1. The van der Waals surface area contributed by atoms with Crippen LogP contribution in [0.1, 0.15) is 103 Å². The SMILES string of the molecule is C#Cc1ccc(C(C(=O)NCCC(=O)OCC)N(CCCCCCC)C(=O)C(CCC(N)=O)NC(=O)OC(C)(C)C)cc1. The van der Waals surface area contributed by atoms with Gasteiger partial charge in [0.1, 0.15) is 17.7 Å². The number of carbonyl (C=O) groups excluding carboxylic acids is 5. The number of unbranched alkanes of at least 4 members (excludes halogenated alkanes) is 4. The lowest BCUT2D eigenvalue weighted by atomic mass is 9.99. The van der Waals surface area contributed by atoms with Gasteiger partial charge in [-0.1, -0.05) is 50.7 Å². The van der Waals surface area contributed by atoms with Gasteiger partial charge in [0.25, 0.3) is 0 Å². The highest BCUT2D eigenvalue weighted by atomic mass is 16.6. The highest BCUT2D eigenvalue weighted by Gasteiger charge is 2.36. The van der Waals surface area contributed by atoms with Crippen molar-refractivity contribution in [2.75, 3.05) is 19.7 Å². The molecular formula is C32H48N4O7. The Morgan fingerprint density at radius 2 is 1.65 bits per heavy atom. The summed E-state index contributed by atoms with van der Waals surface area (Å²) in [4.78, 5) is 65.6. The first kappa shape index (κ1) is 37.0. The van der Waals surface area contributed by atoms with Gasteiger partial charge in [-0.25, -0.2) is 4.79 Å². The van der Waals surface area contributed by atoms with E-state index in [-0.39, 0.29) is 39.0 Å². The molecule has 0 fully saturated rings. The Morgan fingerprint density at radius 3 is 2.21 bits per heavy atom. The Hall–Kier alpha value is -4.07. The average Bonchev–Trinajstić information content (AvgIpc) is 2.93. The number of hydrogen-bond acceptors (Lipinski definition) is 7. The Balaban J connectivity index is 3.50. The van der Waals surface area contributed by atoms with Crippen molar-refractivity contribution in [2.45, 2.75) is 104 Å². The minimum atomic E-state index is -1.20. The molecule has 0 aliphatic carbocycles. The van der Waals surface area contributed by atoms with Gasteiger partial charge in [-0.3, -0.25) is 19.2 Å². The number of hydrogen-bond donors (Lipinski definition) is 3. The number of alkyl carbamates (subject to hydrolysis) is 1. The van der Waals surface area contributed by atoms with Crippen LogP contribution < -0.4 is 16.4 Å². The van der Waals surface area contributed by atoms with Crippen molar-refractivity contribution in [2.24, 2.45) is 5.73 Å². The molecule has 1 aromatic carbocycles. The van der Waals surface area contributed by atoms with Gasteiger partial charge in [0.2, 0.25) is 17.7 Å². The molecule has 0 saturated heterocycles. The van der Waals surface area contributed by atoms with Gasteiger partial charge in [-0.15, -0.1) is 6.42 Å². The van der Waals surface area contributed by atoms with E-state index in [0.717, 1.165) is 25.7 Å². The van der Waals surface area contributed by atoms with Crippen LogP contribution in [0.3, 0.4) is 0 Å². The van der Waals surface area contributed by atoms with E-state index >= 15 is 0 Å². The summed E-state index contributed by atoms with van der Waals surface area (Å²) in [5.74, 6) is 0.329. The molecule has 1 aromatic rings. The largest absolute Gasteiger partial charge is 0.466 e. The topological polar surface area (TPSA) is 157 Å². The zero-order valence-electron chi connectivity index (χ0n) is 26.2. The second-order valence-electron chi connectivity index (χ2n) is 11.2. The van der Waals surface area contributed by atoms with E-state index in [4.69, 9.17) is 21.6 Å². The van der Waals surface area contributed by atoms with Crippen molar-refractivity contribution >= 4 is 29.8 Å². The fraction of sp³-hybridized carbons (Fsp3) is 0.594. The van der Waals surface area contributed by atoms with E-state index in [1.54, 1.807) is 52.0 Å². The van der Waals surface area contributed by atoms with Gasteiger partial charge in [0.15, 0.2) is 0 Å². The molecule has 11 nitrogen and oxygen atoms in total. The Morgan fingerprint density at radius 1 is 1.00 bits per heavy atom. The summed E-state index contributed by atoms with van der Waals surface area (Å²) in [6.45, 7) is 9.25. The zero-order valence-corrected chi connectivity index (χ0v) is 26.2. The fourth-order valence-electron chi connectivity index (χ4n) is 4.30. The molecule has 0 bridgehead atoms. The van der Waals surface area contributed by atoms with Crippen molar-refractivity contribution in [3.05, 3.63) is 35.4 Å². The van der Waals surface area contributed by atoms with Crippen LogP contribution in [0.2, 0.25) is 0 Å². The van der Waals surface area contributed by atoms with Crippen molar-refractivity contribution in [1.82, 2.24) is 15.5 Å². The number of nitrogens with one attached hydrogen (secondary N) is 2. The summed E-state index contributed by atoms with van der Waals surface area (Å²) in [5, 5.41) is 5.32. The second-order valence-corrected chi connectivity index (χ2v) is 11.2. The Bertz CT molecular complexity index is 1110. The van der Waals surface area contributed by atoms with Crippen molar-refractivity contribution < 1.29 is 33.4 Å². The van der Waals surface area contributed by atoms with Crippen LogP contribution in [0.5, 0.6) is 0 Å². The number of ether oxygens (including phenoxy) is 2. The van der Waals surface area contributed by atoms with Crippen LogP contribution in [0.4, 0.5) is 4.79 Å². The summed E-state index contributed by atoms with van der Waals surface area (Å²) >= 11 is 0. The molecule has 1 rings (SSSR count). The molecule has 2 unspecified atom stereocenters. The quantitative estimate of drug-likeness (QED) is 0.132. The number of nitrogens with zero attached hydrogens (tertiary/aromatic N) is 1. The molecule has 0 aliphatic heterocycles. The monoisotopic (exact) mass is 600 g/mol. The summed E-state index contributed by atoms with van der Waals surface area (Å²) < 4.78 is 10.3. The summed E-state index contributed by atoms with van der Waals surface area (Å²) in [6, 6.07) is 4.36. The van der Waals surface area contributed by atoms with Crippen LogP contribution >= 0.6 is 0 Å². The second kappa shape index (κ2) is 19.2. The predicted molar refractivity (Wildman–Crippen MR) is 163 cm³/mol. The smallest absolute Gasteiger partial charge is 0.408 e. The van der Waals surface area contributed by atoms with E-state index < -0.39 is 47.5 Å². The standard InChI is InChI=1S/C32H48N4O7/c1-7-10-11-12-13-22-36(30(40)25(18-19-26(33)37)35-31(41)43-32(4,5)6)28(24-16-14-23(8-2)15-17-24)29(39)34-21-20-27(38)42-9-3/h2,14-17,25,28H,7,9-13,18-22H2,1,3-6H3,(H2,33,37)(H,34,39)(H,35,41). The van der Waals surface area contributed by atoms with E-state index in [1.165, 1.54) is 4.90 Å². The van der Waals surface area contributed by atoms with Gasteiger partial charge in [0, 0.05) is 25.1 Å². The van der Waals surface area contributed by atoms with Gasteiger partial charge >= 0.3 is 12.1 Å². The third-order valence-corrected chi connectivity index (χ3v) is 6.34. The van der Waals surface area contributed by atoms with Crippen LogP contribution in [0.15, 0.2) is 24.3 Å². The summed E-state index contributed by atoms with van der Waals surface area (Å²) in [6.07, 6.45) is 8.79. The summed E-state index contributed by atoms with van der Waals surface area (Å²) in [5.41, 5.74) is 5.62. The zero-order chi connectivity index (χ0) is 32.4. The maximum absolute atomic E-state index is 14.2. The molecule has 0 spiro atoms. The number of primary amides is 1. The van der Waals surface area contributed by atoms with Crippen molar-refractivity contribution in [1.29, 1.82) is 0 Å². The summed E-state index contributed by atoms with van der Waals surface area (Å²) in [7, 11) is 0. The van der Waals surface area contributed by atoms with Crippen molar-refractivity contribution in [3.63, 3.8) is 0 Å². The highest BCUT2D eigenvalue weighted by molar-refractivity contribution is 5.92. The van der Waals surface area contributed by atoms with Crippen LogP contribution in [-0.4, -0.2) is 66.0 Å². The molecule has 238 valence electrons. The minimum absolute atomic E-state index is 0.00357. The molecule has 0 aliphatic rings. The van der Waals surface area contributed by atoms with Crippen LogP contribution in [0.25, 0.3) is 0 Å². The maximum Gasteiger partial charge on any atom is 0.408 e. The molecule has 4 amide bonds. The van der Waals surface area contributed by atoms with E-state index in [9.17, 15) is 24.0 Å². The molecule has 4 N–H and O–H groups in total. The molecule has 43 heavy (non-hydrogen) atoms. The molecule has 0 heterocycles. The number of rotatable bonds is 18. The Kier molecular flexibility index (Phi) is 16.5. The van der Waals surface area contributed by atoms with Gasteiger partial charge in [-0.05, 0) is 58.2 Å². The highest BCUT2D eigenvalue weighted by Crippen LogP contribution is 2.25. The lowest BCUT2D eigenvalue weighted by Gasteiger charge is -2.34. The first-order valence-corrected chi connectivity index (χ1v) is 14.9. The number of benzene rings is 1. The minimum Gasteiger partial charge on any atom is -0.466 e. The normalized spacial score (nSPS) is 12.3. The Labute approximate surface area is 255 Å². The first-order chi connectivity index (χ1) is 20.3. The molecule has 0 saturated carbocycles. The van der Waals surface area contributed by atoms with E-state index in [0.29, 0.717) is 17.5 Å². The fourth-order valence-corrected chi connectivity index (χ4v) is 4.30. The van der Waals surface area contributed by atoms with Crippen LogP contribution in [-0.2, 0) is 28.7 Å². The number of esters is 1. The van der Waals surface area contributed by atoms with Crippen LogP contribution in [0, 0.1) is 12.3 Å². The van der Waals surface area contributed by atoms with Gasteiger partial charge in [0.05, 0.1) is 13.0 Å². The van der Waals surface area contributed by atoms with Gasteiger partial charge < -0.3 is 30.7 Å². The molecule has 0 radical (unpaired) electrons. The van der Waals surface area contributed by atoms with Gasteiger partial charge in [-0.2, -0.15) is 0 Å². The third kappa shape index (κ3) is 14.6. The molecular weight excluding hydrogens is 552 g/mol. The van der Waals surface area contributed by atoms with E-state index in [1.807, 2.05) is 0 Å². The average molecular weight is 601 g/mol. The predicted octanol–water partition coefficient (Wildman–Crippen LogP) is 3.74. The number of carbonyl (C=O) groups is 5. The number of amides is 4. The molecule has 0 aromatic heterocycles.